The first-order chi connectivity index (χ1) is 9.61. The van der Waals surface area contributed by atoms with Gasteiger partial charge in [0.1, 0.15) is 0 Å². The molecule has 2 nitrogen and oxygen atoms in total. The topological polar surface area (TPSA) is 21.3 Å². The fraction of sp³-hybridized carbons (Fsp3) is 0.647. The average Bonchev–Trinajstić information content (AvgIpc) is 2.40. The Morgan fingerprint density at radius 1 is 1.25 bits per heavy atom. The van der Waals surface area contributed by atoms with Gasteiger partial charge < -0.3 is 10.1 Å². The van der Waals surface area contributed by atoms with Crippen LogP contribution in [-0.4, -0.2) is 26.8 Å². The van der Waals surface area contributed by atoms with Gasteiger partial charge in [-0.15, -0.1) is 0 Å². The van der Waals surface area contributed by atoms with Gasteiger partial charge in [-0.1, -0.05) is 44.0 Å². The summed E-state index contributed by atoms with van der Waals surface area (Å²) in [5, 5.41) is 4.32. The summed E-state index contributed by atoms with van der Waals surface area (Å²) in [5.74, 6) is 1.42. The van der Waals surface area contributed by atoms with E-state index in [1.54, 1.807) is 7.11 Å². The quantitative estimate of drug-likeness (QED) is 0.654. The molecule has 1 rings (SSSR count). The molecule has 114 valence electrons. The molecule has 0 saturated heterocycles. The largest absolute Gasteiger partial charge is 0.383 e. The molecule has 0 aliphatic carbocycles. The molecule has 0 bridgehead atoms. The zero-order valence-electron chi connectivity index (χ0n) is 13.0. The lowest BCUT2D eigenvalue weighted by Crippen LogP contribution is -2.27. The van der Waals surface area contributed by atoms with E-state index in [2.05, 4.69) is 31.3 Å². The van der Waals surface area contributed by atoms with Gasteiger partial charge in [0.25, 0.3) is 0 Å². The maximum atomic E-state index is 6.07. The molecule has 0 radical (unpaired) electrons. The van der Waals surface area contributed by atoms with Gasteiger partial charge in [-0.05, 0) is 48.9 Å². The van der Waals surface area contributed by atoms with Crippen molar-refractivity contribution in [3.63, 3.8) is 0 Å². The van der Waals surface area contributed by atoms with Gasteiger partial charge in [0.05, 0.1) is 6.61 Å². The third-order valence-electron chi connectivity index (χ3n) is 3.48. The standard InChI is InChI=1S/C17H28ClNO/c1-14(2)7-8-16(13-19-9-10-20-3)11-15-5-4-6-17(18)12-15/h4-6,12,14,16,19H,7-11,13H2,1-3H3. The van der Waals surface area contributed by atoms with Gasteiger partial charge >= 0.3 is 0 Å². The molecule has 1 N–H and O–H groups in total. The summed E-state index contributed by atoms with van der Waals surface area (Å²) in [4.78, 5) is 0. The summed E-state index contributed by atoms with van der Waals surface area (Å²) in [6.45, 7) is 7.31. The van der Waals surface area contributed by atoms with E-state index in [9.17, 15) is 0 Å². The van der Waals surface area contributed by atoms with E-state index in [0.717, 1.165) is 37.1 Å². The molecule has 0 aliphatic heterocycles. The zero-order chi connectivity index (χ0) is 14.8. The predicted molar refractivity (Wildman–Crippen MR) is 87.5 cm³/mol. The normalized spacial score (nSPS) is 12.8. The van der Waals surface area contributed by atoms with E-state index in [1.165, 1.54) is 18.4 Å². The number of halogens is 1. The Labute approximate surface area is 128 Å². The maximum absolute atomic E-state index is 6.07. The Bertz CT molecular complexity index is 368. The van der Waals surface area contributed by atoms with E-state index < -0.39 is 0 Å². The molecule has 0 aromatic heterocycles. The van der Waals surface area contributed by atoms with E-state index in [0.29, 0.717) is 5.92 Å². The molecule has 1 aromatic rings. The fourth-order valence-corrected chi connectivity index (χ4v) is 2.54. The van der Waals surface area contributed by atoms with Crippen molar-refractivity contribution in [2.45, 2.75) is 33.1 Å². The molecule has 0 spiro atoms. The van der Waals surface area contributed by atoms with E-state index >= 15 is 0 Å². The summed E-state index contributed by atoms with van der Waals surface area (Å²) in [6.07, 6.45) is 3.62. The van der Waals surface area contributed by atoms with E-state index in [1.807, 2.05) is 12.1 Å². The predicted octanol–water partition coefficient (Wildman–Crippen LogP) is 4.17. The van der Waals surface area contributed by atoms with Crippen molar-refractivity contribution in [3.05, 3.63) is 34.9 Å². The number of hydrogen-bond acceptors (Lipinski definition) is 2. The van der Waals surface area contributed by atoms with Crippen molar-refractivity contribution in [2.24, 2.45) is 11.8 Å². The molecule has 0 fully saturated rings. The number of nitrogens with one attached hydrogen (secondary N) is 1. The van der Waals surface area contributed by atoms with Crippen LogP contribution in [-0.2, 0) is 11.2 Å². The Morgan fingerprint density at radius 3 is 2.70 bits per heavy atom. The Balaban J connectivity index is 2.47. The van der Waals surface area contributed by atoms with Crippen LogP contribution in [0.15, 0.2) is 24.3 Å². The van der Waals surface area contributed by atoms with Crippen LogP contribution in [0.3, 0.4) is 0 Å². The molecule has 1 unspecified atom stereocenters. The Morgan fingerprint density at radius 2 is 2.05 bits per heavy atom. The lowest BCUT2D eigenvalue weighted by Gasteiger charge is -2.19. The van der Waals surface area contributed by atoms with Gasteiger partial charge in [0.15, 0.2) is 0 Å². The molecule has 3 heteroatoms. The fourth-order valence-electron chi connectivity index (χ4n) is 2.32. The third-order valence-corrected chi connectivity index (χ3v) is 3.72. The van der Waals surface area contributed by atoms with Crippen molar-refractivity contribution in [1.29, 1.82) is 0 Å². The highest BCUT2D eigenvalue weighted by atomic mass is 35.5. The van der Waals surface area contributed by atoms with E-state index in [-0.39, 0.29) is 0 Å². The minimum Gasteiger partial charge on any atom is -0.383 e. The smallest absolute Gasteiger partial charge is 0.0587 e. The first kappa shape index (κ1) is 17.5. The Kier molecular flexibility index (Phi) is 8.92. The lowest BCUT2D eigenvalue weighted by molar-refractivity contribution is 0.197. The maximum Gasteiger partial charge on any atom is 0.0587 e. The van der Waals surface area contributed by atoms with Gasteiger partial charge in [-0.3, -0.25) is 0 Å². The molecule has 1 aromatic carbocycles. The van der Waals surface area contributed by atoms with E-state index in [4.69, 9.17) is 16.3 Å². The second-order valence-electron chi connectivity index (χ2n) is 5.87. The van der Waals surface area contributed by atoms with Crippen LogP contribution >= 0.6 is 11.6 Å². The molecule has 0 heterocycles. The van der Waals surface area contributed by atoms with Crippen LogP contribution in [0.1, 0.15) is 32.3 Å². The number of benzene rings is 1. The minimum absolute atomic E-state index is 0.660. The summed E-state index contributed by atoms with van der Waals surface area (Å²) < 4.78 is 5.08. The molecule has 0 saturated carbocycles. The number of ether oxygens (including phenoxy) is 1. The number of methoxy groups -OCH3 is 1. The molecular weight excluding hydrogens is 270 g/mol. The highest BCUT2D eigenvalue weighted by Crippen LogP contribution is 2.19. The van der Waals surface area contributed by atoms with Gasteiger partial charge in [0.2, 0.25) is 0 Å². The molecule has 0 amide bonds. The van der Waals surface area contributed by atoms with Crippen LogP contribution in [0.25, 0.3) is 0 Å². The second-order valence-corrected chi connectivity index (χ2v) is 6.30. The molecule has 20 heavy (non-hydrogen) atoms. The zero-order valence-corrected chi connectivity index (χ0v) is 13.7. The second kappa shape index (κ2) is 10.2. The number of hydrogen-bond donors (Lipinski definition) is 1. The summed E-state index contributed by atoms with van der Waals surface area (Å²) in [5.41, 5.74) is 1.33. The molecular formula is C17H28ClNO. The number of rotatable bonds is 10. The van der Waals surface area contributed by atoms with Crippen molar-refractivity contribution in [2.75, 3.05) is 26.8 Å². The van der Waals surface area contributed by atoms with Crippen LogP contribution in [0.5, 0.6) is 0 Å². The third kappa shape index (κ3) is 7.88. The average molecular weight is 298 g/mol. The summed E-state index contributed by atoms with van der Waals surface area (Å²) in [7, 11) is 1.74. The van der Waals surface area contributed by atoms with Gasteiger partial charge in [0, 0.05) is 18.7 Å². The lowest BCUT2D eigenvalue weighted by atomic mass is 9.92. The Hall–Kier alpha value is -0.570. The van der Waals surface area contributed by atoms with Crippen LogP contribution in [0.2, 0.25) is 5.02 Å². The van der Waals surface area contributed by atoms with Gasteiger partial charge in [-0.25, -0.2) is 0 Å². The van der Waals surface area contributed by atoms with Crippen molar-refractivity contribution >= 4 is 11.6 Å². The summed E-state index contributed by atoms with van der Waals surface area (Å²) in [6, 6.07) is 8.23. The molecule has 1 atom stereocenters. The first-order valence-corrected chi connectivity index (χ1v) is 7.93. The van der Waals surface area contributed by atoms with Crippen LogP contribution < -0.4 is 5.32 Å². The van der Waals surface area contributed by atoms with Crippen LogP contribution in [0, 0.1) is 11.8 Å². The summed E-state index contributed by atoms with van der Waals surface area (Å²) >= 11 is 6.07. The highest BCUT2D eigenvalue weighted by Gasteiger charge is 2.11. The van der Waals surface area contributed by atoms with Crippen molar-refractivity contribution in [3.8, 4) is 0 Å². The SMILES string of the molecule is COCCNCC(CCC(C)C)Cc1cccc(Cl)c1. The highest BCUT2D eigenvalue weighted by molar-refractivity contribution is 6.30. The first-order valence-electron chi connectivity index (χ1n) is 7.56. The van der Waals surface area contributed by atoms with Crippen molar-refractivity contribution in [1.82, 2.24) is 5.32 Å². The van der Waals surface area contributed by atoms with Gasteiger partial charge in [-0.2, -0.15) is 0 Å². The molecule has 0 aliphatic rings. The monoisotopic (exact) mass is 297 g/mol. The van der Waals surface area contributed by atoms with Crippen LogP contribution in [0.4, 0.5) is 0 Å². The minimum atomic E-state index is 0.660. The van der Waals surface area contributed by atoms with Crippen molar-refractivity contribution < 1.29 is 4.74 Å².